The standard InChI is InChI=1S/C12H16BrNO.ClH/c1-3-4-5-12(14)10-8-9(15-2)6-7-11(10)13;/h3,6-8,12H,1,4-5,14H2,2H3;1H/t12-;/m1./s1. The van der Waals surface area contributed by atoms with Gasteiger partial charge in [0.2, 0.25) is 0 Å². The van der Waals surface area contributed by atoms with Gasteiger partial charge in [0.25, 0.3) is 0 Å². The highest BCUT2D eigenvalue weighted by atomic mass is 79.9. The molecule has 16 heavy (non-hydrogen) atoms. The summed E-state index contributed by atoms with van der Waals surface area (Å²) < 4.78 is 6.20. The molecule has 0 radical (unpaired) electrons. The molecule has 0 fully saturated rings. The number of benzene rings is 1. The summed E-state index contributed by atoms with van der Waals surface area (Å²) in [6.45, 7) is 3.69. The van der Waals surface area contributed by atoms with Crippen molar-refractivity contribution < 1.29 is 4.74 Å². The van der Waals surface area contributed by atoms with E-state index in [1.54, 1.807) is 7.11 Å². The van der Waals surface area contributed by atoms with Crippen LogP contribution < -0.4 is 10.5 Å². The summed E-state index contributed by atoms with van der Waals surface area (Å²) >= 11 is 3.49. The highest BCUT2D eigenvalue weighted by molar-refractivity contribution is 9.10. The van der Waals surface area contributed by atoms with Crippen molar-refractivity contribution in [2.24, 2.45) is 5.73 Å². The molecular formula is C12H17BrClNO. The number of methoxy groups -OCH3 is 1. The van der Waals surface area contributed by atoms with Gasteiger partial charge in [0.1, 0.15) is 5.75 Å². The number of nitrogens with two attached hydrogens (primary N) is 1. The third-order valence-electron chi connectivity index (χ3n) is 2.28. The fourth-order valence-electron chi connectivity index (χ4n) is 1.39. The van der Waals surface area contributed by atoms with Crippen LogP contribution in [0.4, 0.5) is 0 Å². The number of hydrogen-bond donors (Lipinski definition) is 1. The average molecular weight is 307 g/mol. The van der Waals surface area contributed by atoms with Crippen molar-refractivity contribution in [3.05, 3.63) is 40.9 Å². The van der Waals surface area contributed by atoms with Gasteiger partial charge in [-0.3, -0.25) is 0 Å². The zero-order chi connectivity index (χ0) is 11.3. The molecule has 0 aromatic heterocycles. The Hall–Kier alpha value is -0.510. The second-order valence-electron chi connectivity index (χ2n) is 3.36. The lowest BCUT2D eigenvalue weighted by Crippen LogP contribution is -2.10. The molecule has 0 saturated carbocycles. The number of rotatable bonds is 5. The van der Waals surface area contributed by atoms with Crippen LogP contribution in [0.3, 0.4) is 0 Å². The molecule has 0 saturated heterocycles. The normalized spacial score (nSPS) is 11.4. The fraction of sp³-hybridized carbons (Fsp3) is 0.333. The van der Waals surface area contributed by atoms with Crippen molar-refractivity contribution in [2.45, 2.75) is 18.9 Å². The molecule has 0 spiro atoms. The topological polar surface area (TPSA) is 35.2 Å². The number of hydrogen-bond acceptors (Lipinski definition) is 2. The van der Waals surface area contributed by atoms with E-state index >= 15 is 0 Å². The van der Waals surface area contributed by atoms with Crippen LogP contribution in [0, 0.1) is 0 Å². The van der Waals surface area contributed by atoms with Crippen LogP contribution in [-0.4, -0.2) is 7.11 Å². The van der Waals surface area contributed by atoms with Crippen molar-refractivity contribution in [2.75, 3.05) is 7.11 Å². The Balaban J connectivity index is 0.00000225. The molecule has 4 heteroatoms. The molecule has 2 N–H and O–H groups in total. The maximum atomic E-state index is 6.07. The van der Waals surface area contributed by atoms with Crippen molar-refractivity contribution in [3.8, 4) is 5.75 Å². The van der Waals surface area contributed by atoms with Gasteiger partial charge in [-0.25, -0.2) is 0 Å². The van der Waals surface area contributed by atoms with Gasteiger partial charge in [0.05, 0.1) is 7.11 Å². The Labute approximate surface area is 111 Å². The minimum absolute atomic E-state index is 0. The molecule has 0 aliphatic carbocycles. The molecule has 0 aliphatic rings. The van der Waals surface area contributed by atoms with E-state index < -0.39 is 0 Å². The SMILES string of the molecule is C=CCC[C@@H](N)c1cc(OC)ccc1Br.Cl. The Kier molecular flexibility index (Phi) is 7.47. The van der Waals surface area contributed by atoms with E-state index in [1.165, 1.54) is 0 Å². The van der Waals surface area contributed by atoms with Gasteiger partial charge >= 0.3 is 0 Å². The summed E-state index contributed by atoms with van der Waals surface area (Å²) in [5, 5.41) is 0. The lowest BCUT2D eigenvalue weighted by molar-refractivity contribution is 0.413. The zero-order valence-electron chi connectivity index (χ0n) is 9.28. The van der Waals surface area contributed by atoms with Gasteiger partial charge in [-0.1, -0.05) is 22.0 Å². The Morgan fingerprint density at radius 2 is 2.25 bits per heavy atom. The van der Waals surface area contributed by atoms with Crippen molar-refractivity contribution in [1.82, 2.24) is 0 Å². The Morgan fingerprint density at radius 1 is 1.56 bits per heavy atom. The monoisotopic (exact) mass is 305 g/mol. The first-order chi connectivity index (χ1) is 7.19. The third-order valence-corrected chi connectivity index (χ3v) is 3.01. The van der Waals surface area contributed by atoms with E-state index in [2.05, 4.69) is 22.5 Å². The molecule has 0 unspecified atom stereocenters. The second-order valence-corrected chi connectivity index (χ2v) is 4.21. The minimum Gasteiger partial charge on any atom is -0.497 e. The first-order valence-electron chi connectivity index (χ1n) is 4.89. The summed E-state index contributed by atoms with van der Waals surface area (Å²) in [4.78, 5) is 0. The predicted octanol–water partition coefficient (Wildman–Crippen LogP) is 3.85. The van der Waals surface area contributed by atoms with Gasteiger partial charge in [-0.05, 0) is 36.6 Å². The summed E-state index contributed by atoms with van der Waals surface area (Å²) in [5.41, 5.74) is 7.15. The number of halogens is 2. The van der Waals surface area contributed by atoms with Gasteiger partial charge in [-0.15, -0.1) is 19.0 Å². The van der Waals surface area contributed by atoms with E-state index in [0.29, 0.717) is 0 Å². The van der Waals surface area contributed by atoms with Crippen molar-refractivity contribution >= 4 is 28.3 Å². The summed E-state index contributed by atoms with van der Waals surface area (Å²) in [6.07, 6.45) is 3.70. The van der Waals surface area contributed by atoms with Crippen LogP contribution in [0.25, 0.3) is 0 Å². The first kappa shape index (κ1) is 15.5. The highest BCUT2D eigenvalue weighted by Gasteiger charge is 2.10. The van der Waals surface area contributed by atoms with E-state index in [4.69, 9.17) is 10.5 Å². The van der Waals surface area contributed by atoms with Gasteiger partial charge in [-0.2, -0.15) is 0 Å². The molecule has 2 nitrogen and oxygen atoms in total. The van der Waals surface area contributed by atoms with Gasteiger partial charge in [0, 0.05) is 10.5 Å². The van der Waals surface area contributed by atoms with E-state index in [9.17, 15) is 0 Å². The second kappa shape index (κ2) is 7.71. The predicted molar refractivity (Wildman–Crippen MR) is 74.3 cm³/mol. The smallest absolute Gasteiger partial charge is 0.119 e. The van der Waals surface area contributed by atoms with E-state index in [1.807, 2.05) is 24.3 Å². The van der Waals surface area contributed by atoms with Crippen LogP contribution in [-0.2, 0) is 0 Å². The van der Waals surface area contributed by atoms with Crippen LogP contribution in [0.5, 0.6) is 5.75 Å². The molecule has 1 rings (SSSR count). The zero-order valence-corrected chi connectivity index (χ0v) is 11.7. The maximum Gasteiger partial charge on any atom is 0.119 e. The van der Waals surface area contributed by atoms with Crippen LogP contribution in [0.1, 0.15) is 24.4 Å². The molecule has 1 aromatic rings. The average Bonchev–Trinajstić information content (AvgIpc) is 2.26. The molecule has 0 heterocycles. The van der Waals surface area contributed by atoms with Crippen LogP contribution >= 0.6 is 28.3 Å². The fourth-order valence-corrected chi connectivity index (χ4v) is 1.93. The van der Waals surface area contributed by atoms with Crippen molar-refractivity contribution in [1.29, 1.82) is 0 Å². The van der Waals surface area contributed by atoms with Gasteiger partial charge < -0.3 is 10.5 Å². The van der Waals surface area contributed by atoms with E-state index in [-0.39, 0.29) is 18.4 Å². The molecule has 0 aliphatic heterocycles. The maximum absolute atomic E-state index is 6.07. The summed E-state index contributed by atoms with van der Waals surface area (Å²) in [5.74, 6) is 0.835. The van der Waals surface area contributed by atoms with Crippen LogP contribution in [0.15, 0.2) is 35.3 Å². The van der Waals surface area contributed by atoms with Crippen molar-refractivity contribution in [3.63, 3.8) is 0 Å². The lowest BCUT2D eigenvalue weighted by atomic mass is 10.0. The molecule has 1 atom stereocenters. The molecule has 0 amide bonds. The third kappa shape index (κ3) is 4.16. The first-order valence-corrected chi connectivity index (χ1v) is 5.68. The Bertz CT molecular complexity index is 344. The minimum atomic E-state index is 0. The highest BCUT2D eigenvalue weighted by Crippen LogP contribution is 2.28. The van der Waals surface area contributed by atoms with Crippen LogP contribution in [0.2, 0.25) is 0 Å². The molecular weight excluding hydrogens is 289 g/mol. The summed E-state index contributed by atoms with van der Waals surface area (Å²) in [6, 6.07) is 5.86. The lowest BCUT2D eigenvalue weighted by Gasteiger charge is -2.14. The van der Waals surface area contributed by atoms with E-state index in [0.717, 1.165) is 28.6 Å². The Morgan fingerprint density at radius 3 is 2.81 bits per heavy atom. The number of ether oxygens (including phenoxy) is 1. The largest absolute Gasteiger partial charge is 0.497 e. The molecule has 90 valence electrons. The molecule has 0 bridgehead atoms. The van der Waals surface area contributed by atoms with Gasteiger partial charge in [0.15, 0.2) is 0 Å². The molecule has 1 aromatic carbocycles. The quantitative estimate of drug-likeness (QED) is 0.839. The summed E-state index contributed by atoms with van der Waals surface area (Å²) in [7, 11) is 1.66. The number of allylic oxidation sites excluding steroid dienone is 1.